The third-order valence-corrected chi connectivity index (χ3v) is 5.82. The number of urea groups is 1. The predicted molar refractivity (Wildman–Crippen MR) is 92.4 cm³/mol. The maximum Gasteiger partial charge on any atom is 0.317 e. The van der Waals surface area contributed by atoms with Gasteiger partial charge in [-0.2, -0.15) is 5.10 Å². The number of hydrogen-bond acceptors (Lipinski definition) is 4. The highest BCUT2D eigenvalue weighted by Crippen LogP contribution is 2.12. The molecule has 136 valence electrons. The number of sulfonamides is 1. The average molecular weight is 357 g/mol. The summed E-state index contributed by atoms with van der Waals surface area (Å²) in [7, 11) is -1.28. The van der Waals surface area contributed by atoms with Gasteiger partial charge in [0.1, 0.15) is 0 Å². The van der Waals surface area contributed by atoms with Crippen molar-refractivity contribution in [1.29, 1.82) is 0 Å². The van der Waals surface area contributed by atoms with E-state index in [1.54, 1.807) is 4.90 Å². The van der Waals surface area contributed by atoms with Crippen LogP contribution in [0.15, 0.2) is 0 Å². The Balaban J connectivity index is 1.84. The first-order chi connectivity index (χ1) is 11.2. The van der Waals surface area contributed by atoms with Gasteiger partial charge in [0.2, 0.25) is 10.0 Å². The summed E-state index contributed by atoms with van der Waals surface area (Å²) in [5.74, 6) is 0. The van der Waals surface area contributed by atoms with E-state index in [2.05, 4.69) is 10.4 Å². The van der Waals surface area contributed by atoms with Crippen molar-refractivity contribution in [2.75, 3.05) is 39.0 Å². The molecular weight excluding hydrogens is 330 g/mol. The fraction of sp³-hybridized carbons (Fsp3) is 0.733. The number of rotatable bonds is 4. The van der Waals surface area contributed by atoms with Crippen LogP contribution in [0.4, 0.5) is 4.79 Å². The lowest BCUT2D eigenvalue weighted by Crippen LogP contribution is -2.43. The van der Waals surface area contributed by atoms with Crippen molar-refractivity contribution in [2.45, 2.75) is 26.7 Å². The van der Waals surface area contributed by atoms with E-state index in [1.165, 1.54) is 10.6 Å². The second-order valence-corrected chi connectivity index (χ2v) is 8.24. The predicted octanol–water partition coefficient (Wildman–Crippen LogP) is 0.256. The van der Waals surface area contributed by atoms with Crippen molar-refractivity contribution in [3.63, 3.8) is 0 Å². The van der Waals surface area contributed by atoms with E-state index in [4.69, 9.17) is 0 Å². The zero-order chi connectivity index (χ0) is 17.9. The van der Waals surface area contributed by atoms with Crippen LogP contribution < -0.4 is 5.32 Å². The van der Waals surface area contributed by atoms with Crippen molar-refractivity contribution in [3.05, 3.63) is 17.0 Å². The van der Waals surface area contributed by atoms with Crippen molar-refractivity contribution >= 4 is 16.1 Å². The van der Waals surface area contributed by atoms with Gasteiger partial charge < -0.3 is 10.2 Å². The maximum absolute atomic E-state index is 12.3. The Morgan fingerprint density at radius 2 is 1.92 bits per heavy atom. The third-order valence-electron chi connectivity index (χ3n) is 4.52. The Kier molecular flexibility index (Phi) is 5.87. The number of aromatic nitrogens is 2. The van der Waals surface area contributed by atoms with Crippen molar-refractivity contribution in [2.24, 2.45) is 7.05 Å². The number of nitrogens with one attached hydrogen (secondary N) is 1. The molecule has 2 rings (SSSR count). The lowest BCUT2D eigenvalue weighted by molar-refractivity contribution is 0.200. The van der Waals surface area contributed by atoms with Gasteiger partial charge in [0.25, 0.3) is 0 Å². The monoisotopic (exact) mass is 357 g/mol. The maximum atomic E-state index is 12.3. The number of carbonyl (C=O) groups excluding carboxylic acids is 1. The van der Waals surface area contributed by atoms with Gasteiger partial charge in [-0.3, -0.25) is 4.68 Å². The average Bonchev–Trinajstić information content (AvgIpc) is 2.71. The minimum Gasteiger partial charge on any atom is -0.338 e. The van der Waals surface area contributed by atoms with E-state index < -0.39 is 10.0 Å². The Morgan fingerprint density at radius 3 is 2.50 bits per heavy atom. The molecule has 1 aromatic rings. The van der Waals surface area contributed by atoms with Crippen LogP contribution >= 0.6 is 0 Å². The number of aryl methyl sites for hydroxylation is 2. The summed E-state index contributed by atoms with van der Waals surface area (Å²) in [5.41, 5.74) is 3.26. The van der Waals surface area contributed by atoms with E-state index >= 15 is 0 Å². The number of hydrogen-bond donors (Lipinski definition) is 1. The SMILES string of the molecule is Cc1nn(C)c(C)c1CCNC(=O)N1CCCN(S(C)(=O)=O)CC1. The van der Waals surface area contributed by atoms with Crippen LogP contribution in [0.5, 0.6) is 0 Å². The minimum absolute atomic E-state index is 0.135. The molecule has 1 aliphatic rings. The minimum atomic E-state index is -3.19. The fourth-order valence-electron chi connectivity index (χ4n) is 3.01. The highest BCUT2D eigenvalue weighted by Gasteiger charge is 2.23. The molecule has 0 aliphatic carbocycles. The van der Waals surface area contributed by atoms with Gasteiger partial charge in [-0.1, -0.05) is 0 Å². The molecule has 8 nitrogen and oxygen atoms in total. The smallest absolute Gasteiger partial charge is 0.317 e. The number of amides is 2. The van der Waals surface area contributed by atoms with E-state index in [0.29, 0.717) is 39.1 Å². The van der Waals surface area contributed by atoms with Crippen molar-refractivity contribution in [1.82, 2.24) is 24.3 Å². The normalized spacial score (nSPS) is 16.9. The molecule has 2 heterocycles. The van der Waals surface area contributed by atoms with Crippen LogP contribution in [0.1, 0.15) is 23.4 Å². The van der Waals surface area contributed by atoms with Crippen LogP contribution in [0.2, 0.25) is 0 Å². The molecule has 1 aliphatic heterocycles. The summed E-state index contributed by atoms with van der Waals surface area (Å²) >= 11 is 0. The van der Waals surface area contributed by atoms with Gasteiger partial charge in [0.15, 0.2) is 0 Å². The fourth-order valence-corrected chi connectivity index (χ4v) is 3.89. The molecule has 0 spiro atoms. The van der Waals surface area contributed by atoms with Crippen molar-refractivity contribution < 1.29 is 13.2 Å². The molecule has 0 radical (unpaired) electrons. The van der Waals surface area contributed by atoms with Gasteiger partial charge in [-0.05, 0) is 32.3 Å². The van der Waals surface area contributed by atoms with Crippen molar-refractivity contribution in [3.8, 4) is 0 Å². The molecule has 9 heteroatoms. The van der Waals surface area contributed by atoms with Crippen LogP contribution in [0, 0.1) is 13.8 Å². The molecule has 0 atom stereocenters. The van der Waals surface area contributed by atoms with Gasteiger partial charge in [0.05, 0.1) is 11.9 Å². The first-order valence-electron chi connectivity index (χ1n) is 8.17. The molecule has 1 N–H and O–H groups in total. The van der Waals surface area contributed by atoms with Gasteiger partial charge >= 0.3 is 6.03 Å². The molecule has 1 aromatic heterocycles. The first-order valence-corrected chi connectivity index (χ1v) is 10.0. The second kappa shape index (κ2) is 7.52. The molecule has 1 saturated heterocycles. The molecule has 2 amide bonds. The van der Waals surface area contributed by atoms with E-state index in [0.717, 1.165) is 23.4 Å². The van der Waals surface area contributed by atoms with Crippen LogP contribution in [0.25, 0.3) is 0 Å². The highest BCUT2D eigenvalue weighted by atomic mass is 32.2. The molecule has 0 aromatic carbocycles. The molecule has 0 unspecified atom stereocenters. The quantitative estimate of drug-likeness (QED) is 0.837. The number of carbonyl (C=O) groups is 1. The Morgan fingerprint density at radius 1 is 1.21 bits per heavy atom. The molecule has 1 fully saturated rings. The van der Waals surface area contributed by atoms with E-state index in [1.807, 2.05) is 25.6 Å². The standard InChI is InChI=1S/C15H27N5O3S/c1-12-14(13(2)18(3)17-12)6-7-16-15(21)19-8-5-9-20(11-10-19)24(4,22)23/h5-11H2,1-4H3,(H,16,21). The summed E-state index contributed by atoms with van der Waals surface area (Å²) in [5, 5.41) is 7.30. The summed E-state index contributed by atoms with van der Waals surface area (Å²) in [4.78, 5) is 14.0. The van der Waals surface area contributed by atoms with Gasteiger partial charge in [0, 0.05) is 45.5 Å². The first kappa shape index (κ1) is 18.7. The highest BCUT2D eigenvalue weighted by molar-refractivity contribution is 7.88. The zero-order valence-corrected chi connectivity index (χ0v) is 15.7. The summed E-state index contributed by atoms with van der Waals surface area (Å²) in [6, 6.07) is -0.135. The summed E-state index contributed by atoms with van der Waals surface area (Å²) in [6.45, 7) is 6.35. The van der Waals surface area contributed by atoms with Crippen LogP contribution in [-0.4, -0.2) is 72.4 Å². The van der Waals surface area contributed by atoms with Crippen LogP contribution in [-0.2, 0) is 23.5 Å². The largest absolute Gasteiger partial charge is 0.338 e. The van der Waals surface area contributed by atoms with Gasteiger partial charge in [-0.25, -0.2) is 17.5 Å². The lowest BCUT2D eigenvalue weighted by Gasteiger charge is -2.21. The molecular formula is C15H27N5O3S. The Bertz CT molecular complexity index is 698. The summed E-state index contributed by atoms with van der Waals surface area (Å²) in [6.07, 6.45) is 2.60. The molecule has 0 saturated carbocycles. The lowest BCUT2D eigenvalue weighted by atomic mass is 10.1. The Labute approximate surface area is 143 Å². The third kappa shape index (κ3) is 4.47. The molecule has 24 heavy (non-hydrogen) atoms. The van der Waals surface area contributed by atoms with Crippen LogP contribution in [0.3, 0.4) is 0 Å². The topological polar surface area (TPSA) is 87.5 Å². The zero-order valence-electron chi connectivity index (χ0n) is 14.9. The molecule has 0 bridgehead atoms. The second-order valence-electron chi connectivity index (χ2n) is 6.26. The Hall–Kier alpha value is -1.61. The van der Waals surface area contributed by atoms with E-state index in [-0.39, 0.29) is 6.03 Å². The van der Waals surface area contributed by atoms with Gasteiger partial charge in [-0.15, -0.1) is 0 Å². The summed E-state index contributed by atoms with van der Waals surface area (Å²) < 4.78 is 26.5. The number of nitrogens with zero attached hydrogens (tertiary/aromatic N) is 4. The van der Waals surface area contributed by atoms with E-state index in [9.17, 15) is 13.2 Å².